The second-order valence-electron chi connectivity index (χ2n) is 4.98. The normalized spacial score (nSPS) is 12.1. The van der Waals surface area contributed by atoms with Gasteiger partial charge in [0, 0.05) is 20.3 Å². The minimum Gasteiger partial charge on any atom is -0.422 e. The summed E-state index contributed by atoms with van der Waals surface area (Å²) in [6, 6.07) is 12.9. The number of fused-ring (bicyclic) bond motifs is 1. The molecule has 1 aromatic heterocycles. The molecule has 0 bridgehead atoms. The molecule has 0 aliphatic carbocycles. The first-order valence-corrected chi connectivity index (χ1v) is 9.49. The van der Waals surface area contributed by atoms with E-state index in [0.29, 0.717) is 21.6 Å². The van der Waals surface area contributed by atoms with E-state index in [2.05, 4.69) is 15.9 Å². The Kier molecular flexibility index (Phi) is 4.62. The molecule has 7 heteroatoms. The van der Waals surface area contributed by atoms with Gasteiger partial charge in [0.25, 0.3) is 0 Å². The third-order valence-electron chi connectivity index (χ3n) is 3.28. The van der Waals surface area contributed by atoms with Crippen LogP contribution in [0.25, 0.3) is 17.0 Å². The van der Waals surface area contributed by atoms with Gasteiger partial charge in [0.15, 0.2) is 4.90 Å². The Morgan fingerprint density at radius 2 is 1.75 bits per heavy atom. The molecule has 0 saturated carbocycles. The van der Waals surface area contributed by atoms with E-state index in [1.165, 1.54) is 12.1 Å². The molecule has 122 valence electrons. The van der Waals surface area contributed by atoms with E-state index in [-0.39, 0.29) is 0 Å². The summed E-state index contributed by atoms with van der Waals surface area (Å²) in [4.78, 5) is 11.6. The molecule has 0 unspecified atom stereocenters. The molecule has 0 radical (unpaired) electrons. The van der Waals surface area contributed by atoms with Crippen molar-refractivity contribution in [1.82, 2.24) is 0 Å². The molecule has 2 aromatic carbocycles. The smallest absolute Gasteiger partial charge is 0.355 e. The van der Waals surface area contributed by atoms with Crippen LogP contribution < -0.4 is 5.63 Å². The van der Waals surface area contributed by atoms with Crippen molar-refractivity contribution in [3.05, 3.63) is 79.4 Å². The van der Waals surface area contributed by atoms with Crippen molar-refractivity contribution in [2.45, 2.75) is 4.90 Å². The van der Waals surface area contributed by atoms with Crippen LogP contribution in [0.3, 0.4) is 0 Å². The van der Waals surface area contributed by atoms with E-state index in [1.807, 2.05) is 0 Å². The van der Waals surface area contributed by atoms with Gasteiger partial charge < -0.3 is 4.42 Å². The molecule has 0 amide bonds. The number of hydrogen-bond acceptors (Lipinski definition) is 4. The predicted molar refractivity (Wildman–Crippen MR) is 97.9 cm³/mol. The minimum atomic E-state index is -3.94. The van der Waals surface area contributed by atoms with Crippen LogP contribution >= 0.6 is 27.5 Å². The third kappa shape index (κ3) is 3.61. The van der Waals surface area contributed by atoms with Gasteiger partial charge in [0.05, 0.1) is 0 Å². The maximum absolute atomic E-state index is 12.4. The number of rotatable bonds is 3. The number of halogens is 2. The van der Waals surface area contributed by atoms with E-state index in [0.717, 1.165) is 9.88 Å². The summed E-state index contributed by atoms with van der Waals surface area (Å²) >= 11 is 9.09. The van der Waals surface area contributed by atoms with Crippen molar-refractivity contribution in [3.63, 3.8) is 0 Å². The fraction of sp³-hybridized carbons (Fsp3) is 0. The van der Waals surface area contributed by atoms with Crippen molar-refractivity contribution in [1.29, 1.82) is 0 Å². The van der Waals surface area contributed by atoms with Crippen molar-refractivity contribution in [2.75, 3.05) is 0 Å². The second-order valence-corrected chi connectivity index (χ2v) is 8.13. The lowest BCUT2D eigenvalue weighted by Gasteiger charge is -2.01. The lowest BCUT2D eigenvalue weighted by Crippen LogP contribution is -2.11. The van der Waals surface area contributed by atoms with Crippen LogP contribution in [0.1, 0.15) is 5.56 Å². The molecule has 0 N–H and O–H groups in total. The van der Waals surface area contributed by atoms with E-state index in [1.54, 1.807) is 42.5 Å². The van der Waals surface area contributed by atoms with Gasteiger partial charge in [-0.1, -0.05) is 39.7 Å². The summed E-state index contributed by atoms with van der Waals surface area (Å²) in [5, 5.41) is 2.05. The molecule has 3 rings (SSSR count). The highest BCUT2D eigenvalue weighted by molar-refractivity contribution is 9.10. The van der Waals surface area contributed by atoms with Gasteiger partial charge in [-0.2, -0.15) is 0 Å². The molecule has 3 aromatic rings. The number of hydrogen-bond donors (Lipinski definition) is 0. The molecule has 0 fully saturated rings. The lowest BCUT2D eigenvalue weighted by molar-refractivity contribution is 0.534. The Balaban J connectivity index is 2.06. The van der Waals surface area contributed by atoms with Crippen molar-refractivity contribution >= 4 is 54.4 Å². The van der Waals surface area contributed by atoms with Gasteiger partial charge in [-0.15, -0.1) is 0 Å². The van der Waals surface area contributed by atoms with E-state index < -0.39 is 20.4 Å². The van der Waals surface area contributed by atoms with Crippen LogP contribution in [-0.2, 0) is 9.84 Å². The third-order valence-corrected chi connectivity index (χ3v) is 5.42. The fourth-order valence-corrected chi connectivity index (χ4v) is 3.64. The zero-order valence-corrected chi connectivity index (χ0v) is 15.2. The molecule has 0 aliphatic rings. The van der Waals surface area contributed by atoms with Crippen LogP contribution in [0.4, 0.5) is 0 Å². The zero-order chi connectivity index (χ0) is 17.3. The largest absolute Gasteiger partial charge is 0.422 e. The summed E-state index contributed by atoms with van der Waals surface area (Å²) in [6.07, 6.45) is 1.40. The average molecular weight is 426 g/mol. The maximum atomic E-state index is 12.4. The summed E-state index contributed by atoms with van der Waals surface area (Å²) in [6.45, 7) is 0. The standard InChI is InChI=1S/C17H10BrClO4S/c18-13-3-6-15-12(9-13)10-16(17(20)23-15)24(21,22)8-7-11-1-4-14(19)5-2-11/h1-10H. The number of sulfone groups is 1. The first-order valence-electron chi connectivity index (χ1n) is 6.77. The second kappa shape index (κ2) is 6.55. The summed E-state index contributed by atoms with van der Waals surface area (Å²) in [5.74, 6) is 0. The minimum absolute atomic E-state index is 0.323. The van der Waals surface area contributed by atoms with E-state index >= 15 is 0 Å². The Hall–Kier alpha value is -1.89. The topological polar surface area (TPSA) is 64.3 Å². The molecule has 0 aliphatic heterocycles. The van der Waals surface area contributed by atoms with Crippen LogP contribution in [0.2, 0.25) is 5.02 Å². The Labute approximate surface area is 151 Å². The van der Waals surface area contributed by atoms with Gasteiger partial charge >= 0.3 is 5.63 Å². The molecule has 1 heterocycles. The lowest BCUT2D eigenvalue weighted by atomic mass is 10.2. The van der Waals surface area contributed by atoms with Crippen molar-refractivity contribution in [2.24, 2.45) is 0 Å². The predicted octanol–water partition coefficient (Wildman–Crippen LogP) is 4.65. The van der Waals surface area contributed by atoms with Gasteiger partial charge in [-0.25, -0.2) is 13.2 Å². The Bertz CT molecular complexity index is 1100. The summed E-state index contributed by atoms with van der Waals surface area (Å²) in [5.41, 5.74) is 0.0744. The van der Waals surface area contributed by atoms with Gasteiger partial charge in [-0.3, -0.25) is 0 Å². The fourth-order valence-electron chi connectivity index (χ4n) is 2.09. The van der Waals surface area contributed by atoms with Crippen LogP contribution in [0, 0.1) is 0 Å². The van der Waals surface area contributed by atoms with Crippen LogP contribution in [0.5, 0.6) is 0 Å². The average Bonchev–Trinajstić information content (AvgIpc) is 2.54. The number of benzene rings is 2. The van der Waals surface area contributed by atoms with Crippen LogP contribution in [-0.4, -0.2) is 8.42 Å². The highest BCUT2D eigenvalue weighted by atomic mass is 79.9. The Morgan fingerprint density at radius 3 is 2.46 bits per heavy atom. The molecule has 4 nitrogen and oxygen atoms in total. The zero-order valence-electron chi connectivity index (χ0n) is 12.1. The first kappa shape index (κ1) is 17.0. The molecule has 0 saturated heterocycles. The van der Waals surface area contributed by atoms with E-state index in [4.69, 9.17) is 16.0 Å². The monoisotopic (exact) mass is 424 g/mol. The Morgan fingerprint density at radius 1 is 1.04 bits per heavy atom. The SMILES string of the molecule is O=c1oc2ccc(Br)cc2cc1S(=O)(=O)C=Cc1ccc(Cl)cc1. The highest BCUT2D eigenvalue weighted by Crippen LogP contribution is 2.22. The van der Waals surface area contributed by atoms with Crippen molar-refractivity contribution in [3.8, 4) is 0 Å². The van der Waals surface area contributed by atoms with Gasteiger partial charge in [0.2, 0.25) is 9.84 Å². The molecular weight excluding hydrogens is 416 g/mol. The van der Waals surface area contributed by atoms with Crippen molar-refractivity contribution < 1.29 is 12.8 Å². The van der Waals surface area contributed by atoms with Crippen LogP contribution in [0.15, 0.2) is 72.5 Å². The summed E-state index contributed by atoms with van der Waals surface area (Å²) < 4.78 is 30.7. The van der Waals surface area contributed by atoms with Gasteiger partial charge in [0.1, 0.15) is 5.58 Å². The molecule has 24 heavy (non-hydrogen) atoms. The summed E-state index contributed by atoms with van der Waals surface area (Å²) in [7, 11) is -3.94. The quantitative estimate of drug-likeness (QED) is 0.573. The maximum Gasteiger partial charge on any atom is 0.355 e. The van der Waals surface area contributed by atoms with E-state index in [9.17, 15) is 13.2 Å². The first-order chi connectivity index (χ1) is 11.3. The molecule has 0 atom stereocenters. The van der Waals surface area contributed by atoms with Gasteiger partial charge in [-0.05, 0) is 48.0 Å². The molecule has 0 spiro atoms. The molecular formula is C17H10BrClO4S. The highest BCUT2D eigenvalue weighted by Gasteiger charge is 2.18.